The summed E-state index contributed by atoms with van der Waals surface area (Å²) in [5.74, 6) is 0.661. The lowest BCUT2D eigenvalue weighted by Gasteiger charge is -2.15. The van der Waals surface area contributed by atoms with Crippen LogP contribution in [0.15, 0.2) is 88.2 Å². The van der Waals surface area contributed by atoms with Gasteiger partial charge in [-0.1, -0.05) is 42.5 Å². The molecule has 4 aromatic rings. The van der Waals surface area contributed by atoms with Crippen LogP contribution >= 0.6 is 0 Å². The number of nitrogens with one attached hydrogen (secondary N) is 1. The van der Waals surface area contributed by atoms with Gasteiger partial charge in [0.05, 0.1) is 5.69 Å². The molecular formula is C24H22N2O5S. The maximum absolute atomic E-state index is 12.6. The first-order valence-electron chi connectivity index (χ1n) is 9.88. The molecule has 0 saturated carbocycles. The summed E-state index contributed by atoms with van der Waals surface area (Å²) < 4.78 is 37.5. The molecule has 7 nitrogen and oxygen atoms in total. The molecule has 8 heteroatoms. The van der Waals surface area contributed by atoms with Crippen molar-refractivity contribution in [2.75, 3.05) is 19.4 Å². The summed E-state index contributed by atoms with van der Waals surface area (Å²) >= 11 is 0. The summed E-state index contributed by atoms with van der Waals surface area (Å²) in [6.45, 7) is 0.150. The minimum Gasteiger partial charge on any atom is -0.486 e. The molecule has 164 valence electrons. The Labute approximate surface area is 186 Å². The van der Waals surface area contributed by atoms with Gasteiger partial charge in [-0.15, -0.1) is 0 Å². The van der Waals surface area contributed by atoms with Crippen LogP contribution < -0.4 is 10.1 Å². The Morgan fingerprint density at radius 1 is 0.938 bits per heavy atom. The molecule has 0 saturated heterocycles. The highest BCUT2D eigenvalue weighted by Crippen LogP contribution is 2.25. The Morgan fingerprint density at radius 2 is 1.66 bits per heavy atom. The van der Waals surface area contributed by atoms with Crippen molar-refractivity contribution in [2.24, 2.45) is 0 Å². The van der Waals surface area contributed by atoms with E-state index >= 15 is 0 Å². The van der Waals surface area contributed by atoms with E-state index in [0.717, 1.165) is 15.1 Å². The lowest BCUT2D eigenvalue weighted by Crippen LogP contribution is -2.24. The number of nitrogens with zero attached hydrogens (tertiary/aromatic N) is 1. The third-order valence-corrected chi connectivity index (χ3v) is 6.75. The van der Waals surface area contributed by atoms with E-state index in [-0.39, 0.29) is 22.9 Å². The van der Waals surface area contributed by atoms with Crippen LogP contribution in [0.1, 0.15) is 16.3 Å². The Bertz CT molecular complexity index is 1380. The topological polar surface area (TPSA) is 88.9 Å². The van der Waals surface area contributed by atoms with Gasteiger partial charge in [-0.2, -0.15) is 0 Å². The van der Waals surface area contributed by atoms with Crippen LogP contribution in [-0.4, -0.2) is 32.7 Å². The summed E-state index contributed by atoms with van der Waals surface area (Å²) in [4.78, 5) is 12.6. The van der Waals surface area contributed by atoms with Gasteiger partial charge in [-0.3, -0.25) is 4.79 Å². The standard InChI is InChI=1S/C24H22N2O5S/c1-26(2)32(28,29)23-10-6-5-9-21(23)25-24(27)22-14-13-20(31-22)16-30-19-12-11-17-7-3-4-8-18(17)15-19/h3-15H,16H2,1-2H3,(H,25,27). The van der Waals surface area contributed by atoms with Crippen molar-refractivity contribution in [1.82, 2.24) is 4.31 Å². The van der Waals surface area contributed by atoms with Gasteiger partial charge in [-0.05, 0) is 47.2 Å². The number of fused-ring (bicyclic) bond motifs is 1. The maximum Gasteiger partial charge on any atom is 0.291 e. The van der Waals surface area contributed by atoms with Gasteiger partial charge in [0.2, 0.25) is 10.0 Å². The molecule has 3 aromatic carbocycles. The minimum absolute atomic E-state index is 0.00441. The number of benzene rings is 3. The molecule has 0 aliphatic rings. The SMILES string of the molecule is CN(C)S(=O)(=O)c1ccccc1NC(=O)c1ccc(COc2ccc3ccccc3c2)o1. The quantitative estimate of drug-likeness (QED) is 0.447. The number of ether oxygens (including phenoxy) is 1. The molecule has 0 spiro atoms. The number of sulfonamides is 1. The number of amides is 1. The second kappa shape index (κ2) is 8.86. The fraction of sp³-hybridized carbons (Fsp3) is 0.125. The third kappa shape index (κ3) is 4.51. The van der Waals surface area contributed by atoms with Gasteiger partial charge in [0.1, 0.15) is 23.0 Å². The highest BCUT2D eigenvalue weighted by Gasteiger charge is 2.22. The predicted molar refractivity (Wildman–Crippen MR) is 122 cm³/mol. The molecule has 0 aliphatic carbocycles. The monoisotopic (exact) mass is 450 g/mol. The van der Waals surface area contributed by atoms with Crippen LogP contribution in [-0.2, 0) is 16.6 Å². The summed E-state index contributed by atoms with van der Waals surface area (Å²) in [5, 5.41) is 4.80. The van der Waals surface area contributed by atoms with Crippen LogP contribution in [0.3, 0.4) is 0 Å². The molecule has 32 heavy (non-hydrogen) atoms. The van der Waals surface area contributed by atoms with Gasteiger partial charge in [0.25, 0.3) is 5.91 Å². The molecular weight excluding hydrogens is 428 g/mol. The molecule has 0 unspecified atom stereocenters. The minimum atomic E-state index is -3.72. The second-order valence-corrected chi connectivity index (χ2v) is 9.42. The number of anilines is 1. The van der Waals surface area contributed by atoms with E-state index in [9.17, 15) is 13.2 Å². The molecule has 1 amide bonds. The number of carbonyl (C=O) groups excluding carboxylic acids is 1. The van der Waals surface area contributed by atoms with Crippen molar-refractivity contribution in [3.63, 3.8) is 0 Å². The van der Waals surface area contributed by atoms with Gasteiger partial charge in [0, 0.05) is 14.1 Å². The van der Waals surface area contributed by atoms with Gasteiger partial charge in [-0.25, -0.2) is 12.7 Å². The molecule has 1 heterocycles. The van der Waals surface area contributed by atoms with Gasteiger partial charge in [0.15, 0.2) is 5.76 Å². The van der Waals surface area contributed by atoms with E-state index in [1.165, 1.54) is 32.3 Å². The average Bonchev–Trinajstić information content (AvgIpc) is 3.27. The fourth-order valence-electron chi connectivity index (χ4n) is 3.16. The lowest BCUT2D eigenvalue weighted by molar-refractivity contribution is 0.0992. The molecule has 1 aromatic heterocycles. The van der Waals surface area contributed by atoms with E-state index in [4.69, 9.17) is 9.15 Å². The van der Waals surface area contributed by atoms with Crippen molar-refractivity contribution in [3.05, 3.63) is 90.4 Å². The van der Waals surface area contributed by atoms with Crippen molar-refractivity contribution in [1.29, 1.82) is 0 Å². The number of hydrogen-bond acceptors (Lipinski definition) is 5. The average molecular weight is 451 g/mol. The molecule has 0 bridgehead atoms. The van der Waals surface area contributed by atoms with Crippen LogP contribution in [0, 0.1) is 0 Å². The van der Waals surface area contributed by atoms with Crippen molar-refractivity contribution >= 4 is 32.4 Å². The number of rotatable bonds is 7. The molecule has 4 rings (SSSR count). The normalized spacial score (nSPS) is 11.6. The first kappa shape index (κ1) is 21.6. The Kier molecular flexibility index (Phi) is 5.98. The number of furan rings is 1. The van der Waals surface area contributed by atoms with Gasteiger partial charge >= 0.3 is 0 Å². The van der Waals surface area contributed by atoms with E-state index in [1.807, 2.05) is 42.5 Å². The summed E-state index contributed by atoms with van der Waals surface area (Å²) in [7, 11) is -0.851. The fourth-order valence-corrected chi connectivity index (χ4v) is 4.21. The highest BCUT2D eigenvalue weighted by atomic mass is 32.2. The largest absolute Gasteiger partial charge is 0.486 e. The predicted octanol–water partition coefficient (Wildman–Crippen LogP) is 4.51. The number of hydrogen-bond donors (Lipinski definition) is 1. The first-order valence-corrected chi connectivity index (χ1v) is 11.3. The zero-order valence-corrected chi connectivity index (χ0v) is 18.4. The van der Waals surface area contributed by atoms with E-state index < -0.39 is 15.9 Å². The highest BCUT2D eigenvalue weighted by molar-refractivity contribution is 7.89. The van der Waals surface area contributed by atoms with Crippen LogP contribution in [0.25, 0.3) is 10.8 Å². The maximum atomic E-state index is 12.6. The molecule has 0 radical (unpaired) electrons. The second-order valence-electron chi connectivity index (χ2n) is 7.30. The zero-order valence-electron chi connectivity index (χ0n) is 17.6. The van der Waals surface area contributed by atoms with Crippen LogP contribution in [0.2, 0.25) is 0 Å². The van der Waals surface area contributed by atoms with Crippen LogP contribution in [0.5, 0.6) is 5.75 Å². The van der Waals surface area contributed by atoms with Gasteiger partial charge < -0.3 is 14.5 Å². The van der Waals surface area contributed by atoms with Crippen molar-refractivity contribution < 1.29 is 22.4 Å². The van der Waals surface area contributed by atoms with E-state index in [1.54, 1.807) is 18.2 Å². The van der Waals surface area contributed by atoms with Crippen molar-refractivity contribution in [3.8, 4) is 5.75 Å². The molecule has 1 N–H and O–H groups in total. The van der Waals surface area contributed by atoms with Crippen LogP contribution in [0.4, 0.5) is 5.69 Å². The zero-order chi connectivity index (χ0) is 22.7. The Morgan fingerprint density at radius 3 is 2.44 bits per heavy atom. The van der Waals surface area contributed by atoms with E-state index in [2.05, 4.69) is 5.32 Å². The smallest absolute Gasteiger partial charge is 0.291 e. The summed E-state index contributed by atoms with van der Waals surface area (Å²) in [6.07, 6.45) is 0. The lowest BCUT2D eigenvalue weighted by atomic mass is 10.1. The summed E-state index contributed by atoms with van der Waals surface area (Å²) in [5.41, 5.74) is 0.177. The first-order chi connectivity index (χ1) is 15.3. The summed E-state index contributed by atoms with van der Waals surface area (Å²) in [6, 6.07) is 23.2. The number of para-hydroxylation sites is 1. The Balaban J connectivity index is 1.45. The third-order valence-electron chi connectivity index (χ3n) is 4.88. The molecule has 0 fully saturated rings. The molecule has 0 atom stereocenters. The number of carbonyl (C=O) groups is 1. The van der Waals surface area contributed by atoms with E-state index in [0.29, 0.717) is 11.5 Å². The Hall–Kier alpha value is -3.62. The molecule has 0 aliphatic heterocycles. The van der Waals surface area contributed by atoms with Crippen molar-refractivity contribution in [2.45, 2.75) is 11.5 Å².